The molecule has 1 N–H and O–H groups in total. The summed E-state index contributed by atoms with van der Waals surface area (Å²) in [5.41, 5.74) is 1.36. The fraction of sp³-hybridized carbons (Fsp3) is 0.538. The van der Waals surface area contributed by atoms with Crippen molar-refractivity contribution in [3.05, 3.63) is 35.9 Å². The Balaban J connectivity index is 1.82. The van der Waals surface area contributed by atoms with Crippen molar-refractivity contribution >= 4 is 11.8 Å². The first-order valence-corrected chi connectivity index (χ1v) is 6.75. The molecule has 1 aliphatic carbocycles. The molecule has 1 nitrogen and oxygen atoms in total. The molecule has 2 unspecified atom stereocenters. The van der Waals surface area contributed by atoms with Crippen molar-refractivity contribution in [3.63, 3.8) is 0 Å². The Morgan fingerprint density at radius 1 is 1.13 bits per heavy atom. The smallest absolute Gasteiger partial charge is 0.0658 e. The molecule has 0 radical (unpaired) electrons. The predicted octanol–water partition coefficient (Wildman–Crippen LogP) is 3.22. The van der Waals surface area contributed by atoms with Gasteiger partial charge >= 0.3 is 0 Å². The van der Waals surface area contributed by atoms with E-state index in [9.17, 15) is 5.11 Å². The number of hydrogen-bond acceptors (Lipinski definition) is 2. The zero-order chi connectivity index (χ0) is 10.5. The van der Waals surface area contributed by atoms with E-state index in [1.165, 1.54) is 24.8 Å². The van der Waals surface area contributed by atoms with E-state index in [0.717, 1.165) is 12.2 Å². The molecule has 1 aromatic rings. The summed E-state index contributed by atoms with van der Waals surface area (Å²) in [6.07, 6.45) is 4.57. The van der Waals surface area contributed by atoms with Crippen LogP contribution in [0.1, 0.15) is 31.2 Å². The molecule has 2 heteroatoms. The van der Waals surface area contributed by atoms with Crippen molar-refractivity contribution in [1.29, 1.82) is 0 Å². The molecule has 2 atom stereocenters. The topological polar surface area (TPSA) is 20.2 Å². The van der Waals surface area contributed by atoms with Crippen LogP contribution in [-0.2, 0) is 5.75 Å². The van der Waals surface area contributed by atoms with Gasteiger partial charge in [-0.1, -0.05) is 43.2 Å². The lowest BCUT2D eigenvalue weighted by Gasteiger charge is -2.26. The molecule has 1 aliphatic rings. The minimum absolute atomic E-state index is 0.0764. The number of aliphatic hydroxyl groups excluding tert-OH is 1. The summed E-state index contributed by atoms with van der Waals surface area (Å²) < 4.78 is 0. The molecule has 0 spiro atoms. The molecule has 0 heterocycles. The second kappa shape index (κ2) is 5.57. The minimum atomic E-state index is -0.0764. The van der Waals surface area contributed by atoms with Crippen molar-refractivity contribution in [1.82, 2.24) is 0 Å². The van der Waals surface area contributed by atoms with Crippen LogP contribution >= 0.6 is 11.8 Å². The summed E-state index contributed by atoms with van der Waals surface area (Å²) in [5.74, 6) is 1.03. The van der Waals surface area contributed by atoms with Crippen molar-refractivity contribution in [2.45, 2.75) is 42.8 Å². The Hall–Kier alpha value is -0.470. The van der Waals surface area contributed by atoms with Crippen molar-refractivity contribution in [2.24, 2.45) is 0 Å². The number of benzene rings is 1. The Kier molecular flexibility index (Phi) is 4.09. The van der Waals surface area contributed by atoms with Gasteiger partial charge in [-0.15, -0.1) is 0 Å². The van der Waals surface area contributed by atoms with Crippen LogP contribution in [0.25, 0.3) is 0 Å². The summed E-state index contributed by atoms with van der Waals surface area (Å²) in [7, 11) is 0. The number of rotatable bonds is 3. The summed E-state index contributed by atoms with van der Waals surface area (Å²) >= 11 is 1.91. The first-order valence-electron chi connectivity index (χ1n) is 5.70. The summed E-state index contributed by atoms with van der Waals surface area (Å²) in [6.45, 7) is 0. The molecular formula is C13H18OS. The quantitative estimate of drug-likeness (QED) is 0.847. The highest BCUT2D eigenvalue weighted by Gasteiger charge is 2.22. The van der Waals surface area contributed by atoms with Gasteiger partial charge in [-0.05, 0) is 18.4 Å². The Labute approximate surface area is 95.9 Å². The van der Waals surface area contributed by atoms with E-state index in [0.29, 0.717) is 5.25 Å². The molecule has 0 aliphatic heterocycles. The Bertz CT molecular complexity index is 286. The molecule has 1 saturated carbocycles. The van der Waals surface area contributed by atoms with E-state index in [-0.39, 0.29) is 6.10 Å². The van der Waals surface area contributed by atoms with Crippen LogP contribution in [-0.4, -0.2) is 16.5 Å². The van der Waals surface area contributed by atoms with E-state index in [1.54, 1.807) is 0 Å². The minimum Gasteiger partial charge on any atom is -0.392 e. The molecule has 2 rings (SSSR count). The van der Waals surface area contributed by atoms with Crippen molar-refractivity contribution in [2.75, 3.05) is 0 Å². The first kappa shape index (κ1) is 11.0. The fourth-order valence-electron chi connectivity index (χ4n) is 2.05. The predicted molar refractivity (Wildman–Crippen MR) is 66.0 cm³/mol. The van der Waals surface area contributed by atoms with Gasteiger partial charge in [-0.3, -0.25) is 0 Å². The molecule has 1 aromatic carbocycles. The second-order valence-electron chi connectivity index (χ2n) is 4.19. The monoisotopic (exact) mass is 222 g/mol. The maximum Gasteiger partial charge on any atom is 0.0658 e. The van der Waals surface area contributed by atoms with E-state index >= 15 is 0 Å². The third kappa shape index (κ3) is 3.25. The lowest BCUT2D eigenvalue weighted by Crippen LogP contribution is -2.26. The molecule has 0 bridgehead atoms. The van der Waals surface area contributed by atoms with Crippen LogP contribution < -0.4 is 0 Å². The zero-order valence-corrected chi connectivity index (χ0v) is 9.75. The average Bonchev–Trinajstić information content (AvgIpc) is 2.29. The Morgan fingerprint density at radius 3 is 2.60 bits per heavy atom. The van der Waals surface area contributed by atoms with Crippen LogP contribution in [0.15, 0.2) is 30.3 Å². The van der Waals surface area contributed by atoms with Gasteiger partial charge in [0.1, 0.15) is 0 Å². The molecule has 1 fully saturated rings. The maximum absolute atomic E-state index is 9.83. The third-order valence-electron chi connectivity index (χ3n) is 2.97. The molecular weight excluding hydrogens is 204 g/mol. The molecule has 15 heavy (non-hydrogen) atoms. The van der Waals surface area contributed by atoms with E-state index in [1.807, 2.05) is 17.8 Å². The average molecular weight is 222 g/mol. The van der Waals surface area contributed by atoms with Crippen LogP contribution in [0.4, 0.5) is 0 Å². The zero-order valence-electron chi connectivity index (χ0n) is 8.93. The largest absolute Gasteiger partial charge is 0.392 e. The fourth-order valence-corrected chi connectivity index (χ4v) is 3.34. The highest BCUT2D eigenvalue weighted by atomic mass is 32.2. The van der Waals surface area contributed by atoms with Gasteiger partial charge in [-0.2, -0.15) is 11.8 Å². The lowest BCUT2D eigenvalue weighted by molar-refractivity contribution is 0.137. The van der Waals surface area contributed by atoms with E-state index < -0.39 is 0 Å². The number of aliphatic hydroxyl groups is 1. The highest BCUT2D eigenvalue weighted by Crippen LogP contribution is 2.30. The van der Waals surface area contributed by atoms with Gasteiger partial charge in [0, 0.05) is 11.0 Å². The number of thioether (sulfide) groups is 1. The summed E-state index contributed by atoms with van der Waals surface area (Å²) in [6, 6.07) is 10.5. The molecule has 82 valence electrons. The Morgan fingerprint density at radius 2 is 1.87 bits per heavy atom. The van der Waals surface area contributed by atoms with Gasteiger partial charge < -0.3 is 5.11 Å². The van der Waals surface area contributed by atoms with Gasteiger partial charge in [0.25, 0.3) is 0 Å². The molecule has 0 amide bonds. The molecule has 0 saturated heterocycles. The first-order chi connectivity index (χ1) is 7.36. The normalized spacial score (nSPS) is 26.5. The second-order valence-corrected chi connectivity index (χ2v) is 5.41. The SMILES string of the molecule is OC1CCCCC1SCc1ccccc1. The summed E-state index contributed by atoms with van der Waals surface area (Å²) in [4.78, 5) is 0. The van der Waals surface area contributed by atoms with Gasteiger partial charge in [-0.25, -0.2) is 0 Å². The van der Waals surface area contributed by atoms with Gasteiger partial charge in [0.05, 0.1) is 6.10 Å². The molecule has 0 aromatic heterocycles. The van der Waals surface area contributed by atoms with Crippen molar-refractivity contribution < 1.29 is 5.11 Å². The van der Waals surface area contributed by atoms with E-state index in [4.69, 9.17) is 0 Å². The number of hydrogen-bond donors (Lipinski definition) is 1. The lowest BCUT2D eigenvalue weighted by atomic mass is 9.97. The third-order valence-corrected chi connectivity index (χ3v) is 4.45. The van der Waals surface area contributed by atoms with Crippen LogP contribution in [0.2, 0.25) is 0 Å². The van der Waals surface area contributed by atoms with Crippen LogP contribution in [0, 0.1) is 0 Å². The van der Waals surface area contributed by atoms with Crippen molar-refractivity contribution in [3.8, 4) is 0 Å². The van der Waals surface area contributed by atoms with Gasteiger partial charge in [0.2, 0.25) is 0 Å². The van der Waals surface area contributed by atoms with Crippen LogP contribution in [0.3, 0.4) is 0 Å². The maximum atomic E-state index is 9.83. The van der Waals surface area contributed by atoms with Gasteiger partial charge in [0.15, 0.2) is 0 Å². The standard InChI is InChI=1S/C13H18OS/c14-12-8-4-5-9-13(12)15-10-11-6-2-1-3-7-11/h1-3,6-7,12-14H,4-5,8-10H2. The van der Waals surface area contributed by atoms with Crippen LogP contribution in [0.5, 0.6) is 0 Å². The summed E-state index contributed by atoms with van der Waals surface area (Å²) in [5, 5.41) is 10.3. The van der Waals surface area contributed by atoms with E-state index in [2.05, 4.69) is 24.3 Å². The highest BCUT2D eigenvalue weighted by molar-refractivity contribution is 7.99.